The van der Waals surface area contributed by atoms with Crippen LogP contribution in [0.1, 0.15) is 22.4 Å². The van der Waals surface area contributed by atoms with E-state index in [4.69, 9.17) is 4.74 Å². The number of halogens is 2. The fourth-order valence-electron chi connectivity index (χ4n) is 4.08. The van der Waals surface area contributed by atoms with Gasteiger partial charge in [-0.2, -0.15) is 5.10 Å². The lowest BCUT2D eigenvalue weighted by atomic mass is 9.94. The highest BCUT2D eigenvalue weighted by molar-refractivity contribution is 9.10. The van der Waals surface area contributed by atoms with Gasteiger partial charge in [0.15, 0.2) is 0 Å². The molecule has 0 saturated heterocycles. The predicted molar refractivity (Wildman–Crippen MR) is 132 cm³/mol. The molecule has 0 unspecified atom stereocenters. The molecule has 4 nitrogen and oxygen atoms in total. The summed E-state index contributed by atoms with van der Waals surface area (Å²) in [5.74, 6) is 0.397. The standard InChI is InChI=1S/C27H24BrFN2O2/c1-18-26(23-11-3-4-12-25(23)33-2)24(14-13-19-7-6-10-22(29)16-19)27(32)31(30-18)17-20-8-5-9-21(28)15-20/h3-12,15-16H,13-14,17H2,1-2H3. The Morgan fingerprint density at radius 2 is 1.73 bits per heavy atom. The third-order valence-electron chi connectivity index (χ3n) is 5.58. The van der Waals surface area contributed by atoms with Crippen LogP contribution in [0, 0.1) is 12.7 Å². The molecule has 33 heavy (non-hydrogen) atoms. The summed E-state index contributed by atoms with van der Waals surface area (Å²) in [6.07, 6.45) is 0.993. The topological polar surface area (TPSA) is 44.1 Å². The maximum atomic E-state index is 13.7. The molecule has 0 bridgehead atoms. The van der Waals surface area contributed by atoms with Crippen LogP contribution < -0.4 is 10.3 Å². The van der Waals surface area contributed by atoms with Crippen LogP contribution in [0.5, 0.6) is 5.75 Å². The smallest absolute Gasteiger partial charge is 0.270 e. The maximum Gasteiger partial charge on any atom is 0.270 e. The molecule has 0 amide bonds. The molecule has 0 N–H and O–H groups in total. The van der Waals surface area contributed by atoms with E-state index in [1.54, 1.807) is 13.2 Å². The Balaban J connectivity index is 1.83. The van der Waals surface area contributed by atoms with Crippen LogP contribution in [0.3, 0.4) is 0 Å². The van der Waals surface area contributed by atoms with Gasteiger partial charge in [0.2, 0.25) is 0 Å². The van der Waals surface area contributed by atoms with E-state index in [1.807, 2.05) is 61.5 Å². The predicted octanol–water partition coefficient (Wildman–Crippen LogP) is 5.96. The van der Waals surface area contributed by atoms with Crippen molar-refractivity contribution in [2.45, 2.75) is 26.3 Å². The van der Waals surface area contributed by atoms with Gasteiger partial charge in [-0.1, -0.05) is 58.4 Å². The van der Waals surface area contributed by atoms with E-state index in [0.717, 1.165) is 32.4 Å². The Morgan fingerprint density at radius 1 is 0.970 bits per heavy atom. The van der Waals surface area contributed by atoms with Gasteiger partial charge in [-0.15, -0.1) is 0 Å². The number of rotatable bonds is 7. The number of hydrogen-bond donors (Lipinski definition) is 0. The van der Waals surface area contributed by atoms with Gasteiger partial charge in [0.25, 0.3) is 5.56 Å². The van der Waals surface area contributed by atoms with E-state index >= 15 is 0 Å². The van der Waals surface area contributed by atoms with Crippen molar-refractivity contribution in [3.8, 4) is 16.9 Å². The van der Waals surface area contributed by atoms with Crippen LogP contribution in [-0.2, 0) is 19.4 Å². The van der Waals surface area contributed by atoms with Gasteiger partial charge in [-0.3, -0.25) is 4.79 Å². The van der Waals surface area contributed by atoms with Crippen LogP contribution in [-0.4, -0.2) is 16.9 Å². The summed E-state index contributed by atoms with van der Waals surface area (Å²) in [7, 11) is 1.61. The van der Waals surface area contributed by atoms with E-state index < -0.39 is 0 Å². The van der Waals surface area contributed by atoms with Gasteiger partial charge in [0.1, 0.15) is 11.6 Å². The quantitative estimate of drug-likeness (QED) is 0.310. The molecule has 3 aromatic carbocycles. The molecule has 0 aliphatic heterocycles. The summed E-state index contributed by atoms with van der Waals surface area (Å²) < 4.78 is 21.8. The molecule has 1 aromatic heterocycles. The van der Waals surface area contributed by atoms with E-state index in [2.05, 4.69) is 21.0 Å². The van der Waals surface area contributed by atoms with Crippen molar-refractivity contribution < 1.29 is 9.13 Å². The second kappa shape index (κ2) is 10.1. The highest BCUT2D eigenvalue weighted by atomic mass is 79.9. The molecule has 4 rings (SSSR count). The van der Waals surface area contributed by atoms with Crippen molar-refractivity contribution in [1.29, 1.82) is 0 Å². The largest absolute Gasteiger partial charge is 0.496 e. The zero-order valence-corrected chi connectivity index (χ0v) is 20.1. The molecule has 6 heteroatoms. The summed E-state index contributed by atoms with van der Waals surface area (Å²) in [6.45, 7) is 2.27. The molecule has 1 heterocycles. The average Bonchev–Trinajstić information content (AvgIpc) is 2.80. The minimum Gasteiger partial charge on any atom is -0.496 e. The van der Waals surface area contributed by atoms with Crippen LogP contribution in [0.4, 0.5) is 4.39 Å². The zero-order valence-electron chi connectivity index (χ0n) is 18.5. The molecule has 0 spiro atoms. The number of para-hydroxylation sites is 1. The number of methoxy groups -OCH3 is 1. The van der Waals surface area contributed by atoms with Gasteiger partial charge in [-0.25, -0.2) is 9.07 Å². The molecule has 0 aliphatic carbocycles. The number of hydrogen-bond acceptors (Lipinski definition) is 3. The van der Waals surface area contributed by atoms with Gasteiger partial charge in [-0.05, 0) is 61.2 Å². The second-order valence-corrected chi connectivity index (χ2v) is 8.78. The van der Waals surface area contributed by atoms with Crippen molar-refractivity contribution >= 4 is 15.9 Å². The van der Waals surface area contributed by atoms with Crippen molar-refractivity contribution in [3.63, 3.8) is 0 Å². The summed E-state index contributed by atoms with van der Waals surface area (Å²) >= 11 is 3.49. The van der Waals surface area contributed by atoms with Crippen LogP contribution in [0.2, 0.25) is 0 Å². The number of benzene rings is 3. The lowest BCUT2D eigenvalue weighted by molar-refractivity contribution is 0.416. The first-order chi connectivity index (χ1) is 16.0. The molecule has 0 saturated carbocycles. The van der Waals surface area contributed by atoms with Crippen LogP contribution >= 0.6 is 15.9 Å². The van der Waals surface area contributed by atoms with E-state index in [0.29, 0.717) is 30.7 Å². The monoisotopic (exact) mass is 506 g/mol. The third kappa shape index (κ3) is 5.22. The number of ether oxygens (including phenoxy) is 1. The lowest BCUT2D eigenvalue weighted by Crippen LogP contribution is -2.29. The summed E-state index contributed by atoms with van der Waals surface area (Å²) in [5, 5.41) is 4.65. The molecule has 0 aliphatic rings. The van der Waals surface area contributed by atoms with Crippen molar-refractivity contribution in [2.24, 2.45) is 0 Å². The highest BCUT2D eigenvalue weighted by Crippen LogP contribution is 2.33. The van der Waals surface area contributed by atoms with Crippen molar-refractivity contribution in [3.05, 3.63) is 116 Å². The Hall–Kier alpha value is -3.25. The van der Waals surface area contributed by atoms with Gasteiger partial charge in [0, 0.05) is 21.2 Å². The Bertz CT molecular complexity index is 1350. The van der Waals surface area contributed by atoms with Gasteiger partial charge >= 0.3 is 0 Å². The number of aryl methyl sites for hydroxylation is 2. The summed E-state index contributed by atoms with van der Waals surface area (Å²) in [4.78, 5) is 13.7. The van der Waals surface area contributed by atoms with E-state index in [9.17, 15) is 9.18 Å². The Kier molecular flexibility index (Phi) is 7.04. The molecular formula is C27H24BrFN2O2. The van der Waals surface area contributed by atoms with Crippen molar-refractivity contribution in [2.75, 3.05) is 7.11 Å². The normalized spacial score (nSPS) is 10.9. The highest BCUT2D eigenvalue weighted by Gasteiger charge is 2.19. The lowest BCUT2D eigenvalue weighted by Gasteiger charge is -2.17. The fraction of sp³-hybridized carbons (Fsp3) is 0.185. The number of aromatic nitrogens is 2. The third-order valence-corrected chi connectivity index (χ3v) is 6.07. The van der Waals surface area contributed by atoms with Crippen LogP contribution in [0.15, 0.2) is 82.1 Å². The average molecular weight is 507 g/mol. The minimum absolute atomic E-state index is 0.155. The molecule has 168 valence electrons. The zero-order chi connectivity index (χ0) is 23.4. The Morgan fingerprint density at radius 3 is 2.48 bits per heavy atom. The molecule has 4 aromatic rings. The molecular weight excluding hydrogens is 483 g/mol. The number of nitrogens with zero attached hydrogens (tertiary/aromatic N) is 2. The van der Waals surface area contributed by atoms with Gasteiger partial charge in [0.05, 0.1) is 19.3 Å². The van der Waals surface area contributed by atoms with E-state index in [1.165, 1.54) is 16.8 Å². The van der Waals surface area contributed by atoms with Gasteiger partial charge < -0.3 is 4.74 Å². The molecule has 0 fully saturated rings. The first-order valence-electron chi connectivity index (χ1n) is 10.7. The summed E-state index contributed by atoms with van der Waals surface area (Å²) in [6, 6.07) is 21.9. The summed E-state index contributed by atoms with van der Waals surface area (Å²) in [5.41, 5.74) is 4.64. The Labute approximate surface area is 200 Å². The first kappa shape index (κ1) is 22.9. The van der Waals surface area contributed by atoms with E-state index in [-0.39, 0.29) is 11.4 Å². The minimum atomic E-state index is -0.282. The van der Waals surface area contributed by atoms with Crippen LogP contribution in [0.25, 0.3) is 11.1 Å². The molecule has 0 atom stereocenters. The first-order valence-corrected chi connectivity index (χ1v) is 11.5. The fourth-order valence-corrected chi connectivity index (χ4v) is 4.52. The maximum absolute atomic E-state index is 13.7. The molecule has 0 radical (unpaired) electrons. The second-order valence-electron chi connectivity index (χ2n) is 7.86. The SMILES string of the molecule is COc1ccccc1-c1c(C)nn(Cc2cccc(Br)c2)c(=O)c1CCc1cccc(F)c1. The van der Waals surface area contributed by atoms with Crippen molar-refractivity contribution in [1.82, 2.24) is 9.78 Å².